The summed E-state index contributed by atoms with van der Waals surface area (Å²) in [5.41, 5.74) is 0.168. The lowest BCUT2D eigenvalue weighted by atomic mass is 10.4. The largest absolute Gasteiger partial charge is 0.464 e. The second kappa shape index (κ2) is 3.58. The van der Waals surface area contributed by atoms with Gasteiger partial charge in [0, 0.05) is 12.7 Å². The molecule has 5 heteroatoms. The van der Waals surface area contributed by atoms with E-state index in [9.17, 15) is 4.79 Å². The third-order valence-corrected chi connectivity index (χ3v) is 1.70. The van der Waals surface area contributed by atoms with Gasteiger partial charge in [-0.3, -0.25) is 4.68 Å². The molecular weight excluding hydrogens is 180 g/mol. The summed E-state index contributed by atoms with van der Waals surface area (Å²) >= 11 is 5.71. The number of hydrogen-bond donors (Lipinski definition) is 0. The summed E-state index contributed by atoms with van der Waals surface area (Å²) in [5, 5.41) is 4.23. The molecule has 0 aromatic carbocycles. The lowest BCUT2D eigenvalue weighted by Gasteiger charge is -1.93. The number of halogens is 1. The molecule has 1 aromatic rings. The van der Waals surface area contributed by atoms with Crippen LogP contribution in [0.5, 0.6) is 0 Å². The van der Waals surface area contributed by atoms with Crippen LogP contribution in [0.2, 0.25) is 5.02 Å². The minimum atomic E-state index is -0.507. The van der Waals surface area contributed by atoms with Gasteiger partial charge in [0.25, 0.3) is 0 Å². The molecule has 4 nitrogen and oxygen atoms in total. The van der Waals surface area contributed by atoms with E-state index in [-0.39, 0.29) is 5.69 Å². The molecule has 0 fully saturated rings. The molecular formula is C7H9ClN2O2. The van der Waals surface area contributed by atoms with Crippen molar-refractivity contribution >= 4 is 17.6 Å². The first kappa shape index (κ1) is 9.06. The number of carbonyl (C=O) groups excluding carboxylic acids is 1. The number of esters is 1. The first-order valence-corrected chi connectivity index (χ1v) is 3.88. The van der Waals surface area contributed by atoms with Crippen molar-refractivity contribution in [1.29, 1.82) is 0 Å². The number of hydrogen-bond acceptors (Lipinski definition) is 3. The van der Waals surface area contributed by atoms with Crippen LogP contribution in [0.3, 0.4) is 0 Å². The fourth-order valence-electron chi connectivity index (χ4n) is 0.794. The van der Waals surface area contributed by atoms with Crippen molar-refractivity contribution in [2.24, 2.45) is 0 Å². The predicted molar refractivity (Wildman–Crippen MR) is 44.3 cm³/mol. The maximum atomic E-state index is 11.0. The number of rotatable bonds is 2. The van der Waals surface area contributed by atoms with E-state index in [2.05, 4.69) is 9.84 Å². The van der Waals surface area contributed by atoms with E-state index in [0.717, 1.165) is 0 Å². The van der Waals surface area contributed by atoms with Gasteiger partial charge in [0.1, 0.15) is 0 Å². The molecule has 0 atom stereocenters. The van der Waals surface area contributed by atoms with Gasteiger partial charge in [0.15, 0.2) is 5.69 Å². The van der Waals surface area contributed by atoms with Crippen LogP contribution >= 0.6 is 11.6 Å². The van der Waals surface area contributed by atoms with Crippen LogP contribution in [-0.4, -0.2) is 22.9 Å². The Bertz CT molecular complexity index is 296. The van der Waals surface area contributed by atoms with Crippen LogP contribution in [0.4, 0.5) is 0 Å². The molecule has 1 aromatic heterocycles. The van der Waals surface area contributed by atoms with E-state index < -0.39 is 5.97 Å². The van der Waals surface area contributed by atoms with Crippen molar-refractivity contribution in [3.8, 4) is 0 Å². The maximum Gasteiger partial charge on any atom is 0.360 e. The summed E-state index contributed by atoms with van der Waals surface area (Å²) in [6.45, 7) is 2.58. The van der Waals surface area contributed by atoms with Crippen molar-refractivity contribution in [3.05, 3.63) is 16.9 Å². The van der Waals surface area contributed by atoms with Gasteiger partial charge in [-0.2, -0.15) is 5.10 Å². The molecule has 0 amide bonds. The minimum Gasteiger partial charge on any atom is -0.464 e. The number of ether oxygens (including phenoxy) is 1. The van der Waals surface area contributed by atoms with Crippen molar-refractivity contribution in [2.75, 3.05) is 7.11 Å². The third kappa shape index (κ3) is 1.58. The average Bonchev–Trinajstić information content (AvgIpc) is 2.45. The Morgan fingerprint density at radius 2 is 2.50 bits per heavy atom. The Kier molecular flexibility index (Phi) is 2.70. The molecule has 0 saturated carbocycles. The van der Waals surface area contributed by atoms with E-state index in [1.165, 1.54) is 7.11 Å². The molecule has 0 saturated heterocycles. The van der Waals surface area contributed by atoms with E-state index in [4.69, 9.17) is 11.6 Å². The van der Waals surface area contributed by atoms with Crippen LogP contribution in [0.1, 0.15) is 17.4 Å². The molecule has 1 rings (SSSR count). The second-order valence-electron chi connectivity index (χ2n) is 2.17. The quantitative estimate of drug-likeness (QED) is 0.658. The standard InChI is InChI=1S/C7H9ClN2O2/c1-3-10-4-5(8)6(9-10)7(11)12-2/h4H,3H2,1-2H3. The zero-order valence-electron chi connectivity index (χ0n) is 6.87. The SMILES string of the molecule is CCn1cc(Cl)c(C(=O)OC)n1. The smallest absolute Gasteiger partial charge is 0.360 e. The second-order valence-corrected chi connectivity index (χ2v) is 2.58. The van der Waals surface area contributed by atoms with Gasteiger partial charge >= 0.3 is 5.97 Å². The van der Waals surface area contributed by atoms with Crippen LogP contribution in [0, 0.1) is 0 Å². The molecule has 66 valence electrons. The highest BCUT2D eigenvalue weighted by Crippen LogP contribution is 2.14. The maximum absolute atomic E-state index is 11.0. The lowest BCUT2D eigenvalue weighted by Crippen LogP contribution is -2.04. The molecule has 0 radical (unpaired) electrons. The molecule has 0 bridgehead atoms. The minimum absolute atomic E-state index is 0.168. The van der Waals surface area contributed by atoms with Gasteiger partial charge in [-0.15, -0.1) is 0 Å². The van der Waals surface area contributed by atoms with Gasteiger partial charge in [0.05, 0.1) is 12.1 Å². The summed E-state index contributed by atoms with van der Waals surface area (Å²) in [5.74, 6) is -0.507. The summed E-state index contributed by atoms with van der Waals surface area (Å²) in [6.07, 6.45) is 1.59. The average molecular weight is 189 g/mol. The molecule has 0 aliphatic rings. The normalized spacial score (nSPS) is 9.92. The highest BCUT2D eigenvalue weighted by Gasteiger charge is 2.14. The first-order valence-electron chi connectivity index (χ1n) is 3.50. The van der Waals surface area contributed by atoms with Gasteiger partial charge in [-0.1, -0.05) is 11.6 Å². The van der Waals surface area contributed by atoms with Crippen LogP contribution < -0.4 is 0 Å². The number of aromatic nitrogens is 2. The number of aryl methyl sites for hydroxylation is 1. The molecule has 12 heavy (non-hydrogen) atoms. The Morgan fingerprint density at radius 1 is 1.83 bits per heavy atom. The molecule has 1 heterocycles. The molecule has 0 aliphatic carbocycles. The zero-order chi connectivity index (χ0) is 9.14. The highest BCUT2D eigenvalue weighted by molar-refractivity contribution is 6.33. The van der Waals surface area contributed by atoms with Crippen molar-refractivity contribution in [2.45, 2.75) is 13.5 Å². The van der Waals surface area contributed by atoms with Crippen LogP contribution in [0.25, 0.3) is 0 Å². The Labute approximate surface area is 75.1 Å². The van der Waals surface area contributed by atoms with Crippen LogP contribution in [-0.2, 0) is 11.3 Å². The molecule has 0 N–H and O–H groups in total. The monoisotopic (exact) mass is 188 g/mol. The van der Waals surface area contributed by atoms with Crippen molar-refractivity contribution < 1.29 is 9.53 Å². The van der Waals surface area contributed by atoms with E-state index >= 15 is 0 Å². The van der Waals surface area contributed by atoms with Gasteiger partial charge < -0.3 is 4.74 Å². The van der Waals surface area contributed by atoms with Gasteiger partial charge in [0.2, 0.25) is 0 Å². The van der Waals surface area contributed by atoms with Crippen molar-refractivity contribution in [3.63, 3.8) is 0 Å². The Hall–Kier alpha value is -1.03. The molecule has 0 spiro atoms. The zero-order valence-corrected chi connectivity index (χ0v) is 7.63. The highest BCUT2D eigenvalue weighted by atomic mass is 35.5. The molecule has 0 aliphatic heterocycles. The molecule has 0 unspecified atom stereocenters. The first-order chi connectivity index (χ1) is 5.69. The third-order valence-electron chi connectivity index (χ3n) is 1.42. The van der Waals surface area contributed by atoms with Crippen LogP contribution in [0.15, 0.2) is 6.20 Å². The van der Waals surface area contributed by atoms with E-state index in [1.807, 2.05) is 6.92 Å². The summed E-state index contributed by atoms with van der Waals surface area (Å²) < 4.78 is 6.05. The summed E-state index contributed by atoms with van der Waals surface area (Å²) in [4.78, 5) is 11.0. The van der Waals surface area contributed by atoms with E-state index in [1.54, 1.807) is 10.9 Å². The van der Waals surface area contributed by atoms with Gasteiger partial charge in [-0.25, -0.2) is 4.79 Å². The summed E-state index contributed by atoms with van der Waals surface area (Å²) in [6, 6.07) is 0. The number of carbonyl (C=O) groups is 1. The predicted octanol–water partition coefficient (Wildman–Crippen LogP) is 1.34. The topological polar surface area (TPSA) is 44.1 Å². The van der Waals surface area contributed by atoms with Gasteiger partial charge in [-0.05, 0) is 6.92 Å². The van der Waals surface area contributed by atoms with E-state index in [0.29, 0.717) is 11.6 Å². The number of methoxy groups -OCH3 is 1. The fourth-order valence-corrected chi connectivity index (χ4v) is 1.02. The van der Waals surface area contributed by atoms with Crippen molar-refractivity contribution in [1.82, 2.24) is 9.78 Å². The summed E-state index contributed by atoms with van der Waals surface area (Å²) in [7, 11) is 1.30. The lowest BCUT2D eigenvalue weighted by molar-refractivity contribution is 0.0593. The Morgan fingerprint density at radius 3 is 2.92 bits per heavy atom. The number of nitrogens with zero attached hydrogens (tertiary/aromatic N) is 2. The fraction of sp³-hybridized carbons (Fsp3) is 0.429. The Balaban J connectivity index is 2.99.